The first-order valence-electron chi connectivity index (χ1n) is 6.65. The van der Waals surface area contributed by atoms with Gasteiger partial charge in [-0.3, -0.25) is 4.90 Å². The molecule has 1 atom stereocenters. The second-order valence-corrected chi connectivity index (χ2v) is 6.28. The lowest BCUT2D eigenvalue weighted by molar-refractivity contribution is 0.164. The summed E-state index contributed by atoms with van der Waals surface area (Å²) in [6.45, 7) is 8.48. The summed E-state index contributed by atoms with van der Waals surface area (Å²) in [5, 5.41) is 4.36. The highest BCUT2D eigenvalue weighted by Gasteiger charge is 2.20. The lowest BCUT2D eigenvalue weighted by Gasteiger charge is -2.33. The minimum absolute atomic E-state index is 0.360. The van der Waals surface area contributed by atoms with Gasteiger partial charge in [-0.1, -0.05) is 13.8 Å². The molecule has 0 amide bonds. The topological polar surface area (TPSA) is 32.5 Å². The Labute approximate surface area is 116 Å². The van der Waals surface area contributed by atoms with Crippen molar-refractivity contribution in [3.63, 3.8) is 0 Å². The lowest BCUT2D eigenvalue weighted by atomic mass is 10.1. The number of rotatable bonds is 8. The molecule has 0 fully saturated rings. The van der Waals surface area contributed by atoms with Crippen molar-refractivity contribution in [2.75, 3.05) is 40.3 Å². The Morgan fingerprint density at radius 3 is 2.44 bits per heavy atom. The van der Waals surface area contributed by atoms with Crippen LogP contribution in [0.25, 0.3) is 0 Å². The van der Waals surface area contributed by atoms with Gasteiger partial charge < -0.3 is 10.6 Å². The van der Waals surface area contributed by atoms with Gasteiger partial charge in [-0.15, -0.1) is 0 Å². The fraction of sp³-hybridized carbons (Fsp3) is 0.714. The highest BCUT2D eigenvalue weighted by molar-refractivity contribution is 7.07. The second-order valence-electron chi connectivity index (χ2n) is 5.50. The first-order chi connectivity index (χ1) is 8.54. The Morgan fingerprint density at radius 2 is 2.00 bits per heavy atom. The van der Waals surface area contributed by atoms with Crippen molar-refractivity contribution in [3.8, 4) is 0 Å². The molecule has 4 heteroatoms. The van der Waals surface area contributed by atoms with E-state index in [1.54, 1.807) is 11.3 Å². The van der Waals surface area contributed by atoms with Gasteiger partial charge in [0.05, 0.1) is 0 Å². The van der Waals surface area contributed by atoms with Gasteiger partial charge in [-0.25, -0.2) is 0 Å². The van der Waals surface area contributed by atoms with E-state index in [-0.39, 0.29) is 0 Å². The molecule has 0 bridgehead atoms. The van der Waals surface area contributed by atoms with E-state index in [4.69, 9.17) is 5.73 Å². The van der Waals surface area contributed by atoms with Gasteiger partial charge in [0.1, 0.15) is 0 Å². The third-order valence-corrected chi connectivity index (χ3v) is 3.73. The SMILES string of the molecule is CC(C)CN(CCN(C)C)C(CN)c1ccsc1. The molecule has 1 rings (SSSR count). The zero-order chi connectivity index (χ0) is 13.5. The lowest BCUT2D eigenvalue weighted by Crippen LogP contribution is -2.40. The van der Waals surface area contributed by atoms with Crippen LogP contribution in [0.3, 0.4) is 0 Å². The predicted molar refractivity (Wildman–Crippen MR) is 81.1 cm³/mol. The van der Waals surface area contributed by atoms with Crippen LogP contribution in [-0.2, 0) is 0 Å². The summed E-state index contributed by atoms with van der Waals surface area (Å²) in [4.78, 5) is 4.75. The molecule has 1 heterocycles. The highest BCUT2D eigenvalue weighted by Crippen LogP contribution is 2.22. The second kappa shape index (κ2) is 7.89. The molecule has 1 unspecified atom stereocenters. The van der Waals surface area contributed by atoms with Gasteiger partial charge in [0, 0.05) is 32.2 Å². The fourth-order valence-electron chi connectivity index (χ4n) is 2.13. The van der Waals surface area contributed by atoms with Crippen molar-refractivity contribution in [2.24, 2.45) is 11.7 Å². The van der Waals surface area contributed by atoms with E-state index in [0.717, 1.165) is 19.6 Å². The third kappa shape index (κ3) is 5.06. The average molecular weight is 269 g/mol. The number of likely N-dealkylation sites (N-methyl/N-ethyl adjacent to an activating group) is 1. The summed E-state index contributed by atoms with van der Waals surface area (Å²) >= 11 is 1.75. The molecule has 1 aromatic rings. The number of hydrogen-bond donors (Lipinski definition) is 1. The van der Waals surface area contributed by atoms with Crippen LogP contribution < -0.4 is 5.73 Å². The van der Waals surface area contributed by atoms with Crippen LogP contribution >= 0.6 is 11.3 Å². The van der Waals surface area contributed by atoms with E-state index in [1.165, 1.54) is 5.56 Å². The first-order valence-corrected chi connectivity index (χ1v) is 7.59. The minimum Gasteiger partial charge on any atom is -0.329 e. The Bertz CT molecular complexity index is 309. The predicted octanol–water partition coefficient (Wildman–Crippen LogP) is 2.27. The zero-order valence-corrected chi connectivity index (χ0v) is 12.9. The third-order valence-electron chi connectivity index (χ3n) is 3.03. The van der Waals surface area contributed by atoms with Gasteiger partial charge in [-0.2, -0.15) is 11.3 Å². The fourth-order valence-corrected chi connectivity index (χ4v) is 2.84. The maximum Gasteiger partial charge on any atom is 0.0479 e. The van der Waals surface area contributed by atoms with Crippen LogP contribution in [0, 0.1) is 5.92 Å². The minimum atomic E-state index is 0.360. The van der Waals surface area contributed by atoms with Crippen LogP contribution in [0.5, 0.6) is 0 Å². The summed E-state index contributed by atoms with van der Waals surface area (Å²) in [7, 11) is 4.24. The summed E-state index contributed by atoms with van der Waals surface area (Å²) in [6.07, 6.45) is 0. The van der Waals surface area contributed by atoms with Gasteiger partial charge in [-0.05, 0) is 42.4 Å². The van der Waals surface area contributed by atoms with E-state index in [0.29, 0.717) is 18.5 Å². The largest absolute Gasteiger partial charge is 0.329 e. The maximum atomic E-state index is 6.00. The van der Waals surface area contributed by atoms with E-state index < -0.39 is 0 Å². The van der Waals surface area contributed by atoms with Crippen molar-refractivity contribution in [3.05, 3.63) is 22.4 Å². The molecule has 0 aliphatic rings. The van der Waals surface area contributed by atoms with Gasteiger partial charge in [0.15, 0.2) is 0 Å². The van der Waals surface area contributed by atoms with E-state index in [9.17, 15) is 0 Å². The quantitative estimate of drug-likeness (QED) is 0.786. The molecule has 2 N–H and O–H groups in total. The van der Waals surface area contributed by atoms with Crippen LogP contribution in [0.1, 0.15) is 25.5 Å². The Balaban J connectivity index is 2.72. The number of nitrogens with zero attached hydrogens (tertiary/aromatic N) is 2. The Hall–Kier alpha value is -0.420. The molecular formula is C14H27N3S. The molecule has 104 valence electrons. The van der Waals surface area contributed by atoms with E-state index in [1.807, 2.05) is 0 Å². The molecule has 0 aliphatic carbocycles. The molecule has 0 saturated carbocycles. The average Bonchev–Trinajstić information content (AvgIpc) is 2.79. The first kappa shape index (κ1) is 15.6. The molecule has 0 aliphatic heterocycles. The monoisotopic (exact) mass is 269 g/mol. The van der Waals surface area contributed by atoms with Crippen molar-refractivity contribution >= 4 is 11.3 Å². The molecule has 0 saturated heterocycles. The molecule has 18 heavy (non-hydrogen) atoms. The van der Waals surface area contributed by atoms with Crippen molar-refractivity contribution < 1.29 is 0 Å². The molecular weight excluding hydrogens is 242 g/mol. The molecule has 0 aromatic carbocycles. The van der Waals surface area contributed by atoms with Crippen LogP contribution in [0.4, 0.5) is 0 Å². The van der Waals surface area contributed by atoms with E-state index >= 15 is 0 Å². The number of hydrogen-bond acceptors (Lipinski definition) is 4. The standard InChI is InChI=1S/C14H27N3S/c1-12(2)10-17(7-6-16(3)4)14(9-15)13-5-8-18-11-13/h5,8,11-12,14H,6-7,9-10,15H2,1-4H3. The van der Waals surface area contributed by atoms with Crippen molar-refractivity contribution in [2.45, 2.75) is 19.9 Å². The van der Waals surface area contributed by atoms with Gasteiger partial charge in [0.25, 0.3) is 0 Å². The highest BCUT2D eigenvalue weighted by atomic mass is 32.1. The zero-order valence-electron chi connectivity index (χ0n) is 12.1. The Morgan fingerprint density at radius 1 is 1.28 bits per heavy atom. The van der Waals surface area contributed by atoms with Crippen molar-refractivity contribution in [1.29, 1.82) is 0 Å². The van der Waals surface area contributed by atoms with Gasteiger partial charge in [0.2, 0.25) is 0 Å². The molecule has 1 aromatic heterocycles. The van der Waals surface area contributed by atoms with Crippen LogP contribution in [-0.4, -0.2) is 50.1 Å². The summed E-state index contributed by atoms with van der Waals surface area (Å²) in [5.41, 5.74) is 7.36. The number of thiophene rings is 1. The van der Waals surface area contributed by atoms with Crippen LogP contribution in [0.15, 0.2) is 16.8 Å². The number of nitrogens with two attached hydrogens (primary N) is 1. The normalized spacial score (nSPS) is 13.8. The van der Waals surface area contributed by atoms with Crippen molar-refractivity contribution in [1.82, 2.24) is 9.80 Å². The van der Waals surface area contributed by atoms with E-state index in [2.05, 4.69) is 54.6 Å². The van der Waals surface area contributed by atoms with Gasteiger partial charge >= 0.3 is 0 Å². The summed E-state index contributed by atoms with van der Waals surface area (Å²) in [5.74, 6) is 0.667. The summed E-state index contributed by atoms with van der Waals surface area (Å²) < 4.78 is 0. The molecule has 0 radical (unpaired) electrons. The molecule has 3 nitrogen and oxygen atoms in total. The van der Waals surface area contributed by atoms with Crippen LogP contribution in [0.2, 0.25) is 0 Å². The molecule has 0 spiro atoms. The Kier molecular flexibility index (Phi) is 6.86. The maximum absolute atomic E-state index is 6.00. The smallest absolute Gasteiger partial charge is 0.0479 e. The summed E-state index contributed by atoms with van der Waals surface area (Å²) in [6, 6.07) is 2.56.